The summed E-state index contributed by atoms with van der Waals surface area (Å²) >= 11 is 0. The number of benzene rings is 2. The van der Waals surface area contributed by atoms with Crippen molar-refractivity contribution >= 4 is 5.91 Å². The highest BCUT2D eigenvalue weighted by molar-refractivity contribution is 5.97. The molecule has 5 heteroatoms. The van der Waals surface area contributed by atoms with Gasteiger partial charge in [-0.2, -0.15) is 0 Å². The van der Waals surface area contributed by atoms with E-state index in [0.29, 0.717) is 17.9 Å². The summed E-state index contributed by atoms with van der Waals surface area (Å²) < 4.78 is 10.9. The Hall–Kier alpha value is -2.53. The number of amides is 1. The Balaban J connectivity index is 1.61. The predicted molar refractivity (Wildman–Crippen MR) is 106 cm³/mol. The molecule has 5 nitrogen and oxygen atoms in total. The van der Waals surface area contributed by atoms with Crippen molar-refractivity contribution in [3.63, 3.8) is 0 Å². The second kappa shape index (κ2) is 9.42. The van der Waals surface area contributed by atoms with Crippen LogP contribution in [0.1, 0.15) is 29.3 Å². The van der Waals surface area contributed by atoms with E-state index in [-0.39, 0.29) is 5.91 Å². The first-order valence-electron chi connectivity index (χ1n) is 9.57. The molecular weight excluding hydrogens is 340 g/mol. The van der Waals surface area contributed by atoms with E-state index in [1.807, 2.05) is 48.2 Å². The van der Waals surface area contributed by atoms with Crippen molar-refractivity contribution in [1.29, 1.82) is 0 Å². The highest BCUT2D eigenvalue weighted by atomic mass is 16.5. The molecule has 1 fully saturated rings. The van der Waals surface area contributed by atoms with Gasteiger partial charge in [0.25, 0.3) is 5.91 Å². The van der Waals surface area contributed by atoms with Gasteiger partial charge in [-0.05, 0) is 43.2 Å². The standard InChI is InChI=1S/C22H28N2O3/c1-3-27-21-8-5-4-7-20(21)22(25)24-14-6-13-23(15-16-24)17-18-9-11-19(26-2)12-10-18/h4-5,7-12H,3,6,13-17H2,1-2H3. The first-order chi connectivity index (χ1) is 13.2. The van der Waals surface area contributed by atoms with Gasteiger partial charge in [-0.15, -0.1) is 0 Å². The predicted octanol–water partition coefficient (Wildman–Crippen LogP) is 3.44. The van der Waals surface area contributed by atoms with Crippen molar-refractivity contribution in [3.8, 4) is 11.5 Å². The second-order valence-corrected chi connectivity index (χ2v) is 6.70. The van der Waals surface area contributed by atoms with Crippen molar-refractivity contribution < 1.29 is 14.3 Å². The average molecular weight is 368 g/mol. The summed E-state index contributed by atoms with van der Waals surface area (Å²) in [4.78, 5) is 17.4. The Morgan fingerprint density at radius 1 is 1.00 bits per heavy atom. The van der Waals surface area contributed by atoms with Crippen LogP contribution in [0.4, 0.5) is 0 Å². The highest BCUT2D eigenvalue weighted by Gasteiger charge is 2.22. The third kappa shape index (κ3) is 5.01. The van der Waals surface area contributed by atoms with Gasteiger partial charge in [-0.25, -0.2) is 0 Å². The molecule has 1 heterocycles. The molecule has 1 aliphatic rings. The third-order valence-corrected chi connectivity index (χ3v) is 4.86. The number of hydrogen-bond acceptors (Lipinski definition) is 4. The van der Waals surface area contributed by atoms with Crippen molar-refractivity contribution in [2.24, 2.45) is 0 Å². The summed E-state index contributed by atoms with van der Waals surface area (Å²) in [6.07, 6.45) is 0.971. The van der Waals surface area contributed by atoms with E-state index in [2.05, 4.69) is 17.0 Å². The minimum atomic E-state index is 0.0605. The summed E-state index contributed by atoms with van der Waals surface area (Å²) in [6.45, 7) is 6.75. The van der Waals surface area contributed by atoms with E-state index in [1.165, 1.54) is 5.56 Å². The molecular formula is C22H28N2O3. The van der Waals surface area contributed by atoms with Gasteiger partial charge in [0, 0.05) is 32.7 Å². The first-order valence-corrected chi connectivity index (χ1v) is 9.57. The summed E-state index contributed by atoms with van der Waals surface area (Å²) in [7, 11) is 1.68. The van der Waals surface area contributed by atoms with Gasteiger partial charge in [-0.1, -0.05) is 24.3 Å². The third-order valence-electron chi connectivity index (χ3n) is 4.86. The average Bonchev–Trinajstić information content (AvgIpc) is 2.94. The Morgan fingerprint density at radius 3 is 2.52 bits per heavy atom. The number of nitrogens with zero attached hydrogens (tertiary/aromatic N) is 2. The Labute approximate surface area is 161 Å². The molecule has 1 amide bonds. The van der Waals surface area contributed by atoms with Crippen molar-refractivity contribution in [2.75, 3.05) is 39.9 Å². The Morgan fingerprint density at radius 2 is 1.78 bits per heavy atom. The fourth-order valence-electron chi connectivity index (χ4n) is 3.42. The number of carbonyl (C=O) groups is 1. The number of hydrogen-bond donors (Lipinski definition) is 0. The molecule has 0 atom stereocenters. The van der Waals surface area contributed by atoms with E-state index < -0.39 is 0 Å². The van der Waals surface area contributed by atoms with E-state index in [1.54, 1.807) is 7.11 Å². The van der Waals surface area contributed by atoms with Gasteiger partial charge in [0.05, 0.1) is 19.3 Å². The Bertz CT molecular complexity index is 745. The lowest BCUT2D eigenvalue weighted by atomic mass is 10.1. The van der Waals surface area contributed by atoms with Crippen LogP contribution in [0.25, 0.3) is 0 Å². The molecule has 0 aromatic heterocycles. The summed E-state index contributed by atoms with van der Waals surface area (Å²) in [5.74, 6) is 1.61. The maximum atomic E-state index is 13.0. The smallest absolute Gasteiger partial charge is 0.257 e. The van der Waals surface area contributed by atoms with Crippen LogP contribution in [-0.4, -0.2) is 55.6 Å². The summed E-state index contributed by atoms with van der Waals surface area (Å²) in [5.41, 5.74) is 1.92. The number of ether oxygens (including phenoxy) is 2. The monoisotopic (exact) mass is 368 g/mol. The molecule has 3 rings (SSSR count). The van der Waals surface area contributed by atoms with Crippen LogP contribution >= 0.6 is 0 Å². The lowest BCUT2D eigenvalue weighted by molar-refractivity contribution is 0.0757. The maximum absolute atomic E-state index is 13.0. The maximum Gasteiger partial charge on any atom is 0.257 e. The molecule has 2 aromatic rings. The molecule has 1 saturated heterocycles. The highest BCUT2D eigenvalue weighted by Crippen LogP contribution is 2.21. The van der Waals surface area contributed by atoms with Crippen LogP contribution in [0.2, 0.25) is 0 Å². The van der Waals surface area contributed by atoms with E-state index in [4.69, 9.17) is 9.47 Å². The number of methoxy groups -OCH3 is 1. The first kappa shape index (κ1) is 19.2. The van der Waals surface area contributed by atoms with Crippen LogP contribution < -0.4 is 9.47 Å². The number of para-hydroxylation sites is 1. The van der Waals surface area contributed by atoms with Gasteiger partial charge in [0.2, 0.25) is 0 Å². The van der Waals surface area contributed by atoms with E-state index in [0.717, 1.165) is 44.9 Å². The van der Waals surface area contributed by atoms with Crippen LogP contribution in [0, 0.1) is 0 Å². The fourth-order valence-corrected chi connectivity index (χ4v) is 3.42. The molecule has 2 aromatic carbocycles. The molecule has 0 saturated carbocycles. The topological polar surface area (TPSA) is 42.0 Å². The number of carbonyl (C=O) groups excluding carboxylic acids is 1. The van der Waals surface area contributed by atoms with Gasteiger partial charge < -0.3 is 14.4 Å². The lowest BCUT2D eigenvalue weighted by Gasteiger charge is -2.23. The zero-order chi connectivity index (χ0) is 19.1. The quantitative estimate of drug-likeness (QED) is 0.783. The fraction of sp³-hybridized carbons (Fsp3) is 0.409. The molecule has 0 spiro atoms. The normalized spacial score (nSPS) is 15.3. The van der Waals surface area contributed by atoms with E-state index in [9.17, 15) is 4.79 Å². The molecule has 0 aliphatic carbocycles. The van der Waals surface area contributed by atoms with Crippen LogP contribution in [0.5, 0.6) is 11.5 Å². The van der Waals surface area contributed by atoms with Crippen molar-refractivity contribution in [2.45, 2.75) is 19.9 Å². The van der Waals surface area contributed by atoms with Crippen LogP contribution in [0.3, 0.4) is 0 Å². The SMILES string of the molecule is CCOc1ccccc1C(=O)N1CCCN(Cc2ccc(OC)cc2)CC1. The van der Waals surface area contributed by atoms with Gasteiger partial charge in [0.1, 0.15) is 11.5 Å². The van der Waals surface area contributed by atoms with Crippen molar-refractivity contribution in [3.05, 3.63) is 59.7 Å². The van der Waals surface area contributed by atoms with Gasteiger partial charge in [0.15, 0.2) is 0 Å². The minimum absolute atomic E-state index is 0.0605. The molecule has 27 heavy (non-hydrogen) atoms. The number of rotatable bonds is 6. The molecule has 0 radical (unpaired) electrons. The van der Waals surface area contributed by atoms with Gasteiger partial charge >= 0.3 is 0 Å². The lowest BCUT2D eigenvalue weighted by Crippen LogP contribution is -2.35. The van der Waals surface area contributed by atoms with Crippen molar-refractivity contribution in [1.82, 2.24) is 9.80 Å². The Kier molecular flexibility index (Phi) is 6.71. The molecule has 0 N–H and O–H groups in total. The zero-order valence-electron chi connectivity index (χ0n) is 16.2. The minimum Gasteiger partial charge on any atom is -0.497 e. The summed E-state index contributed by atoms with van der Waals surface area (Å²) in [6, 6.07) is 15.7. The molecule has 1 aliphatic heterocycles. The molecule has 0 bridgehead atoms. The second-order valence-electron chi connectivity index (χ2n) is 6.70. The zero-order valence-corrected chi connectivity index (χ0v) is 16.2. The van der Waals surface area contributed by atoms with Crippen LogP contribution in [-0.2, 0) is 6.54 Å². The largest absolute Gasteiger partial charge is 0.497 e. The summed E-state index contributed by atoms with van der Waals surface area (Å²) in [5, 5.41) is 0. The van der Waals surface area contributed by atoms with E-state index >= 15 is 0 Å². The van der Waals surface area contributed by atoms with Crippen LogP contribution in [0.15, 0.2) is 48.5 Å². The van der Waals surface area contributed by atoms with Gasteiger partial charge in [-0.3, -0.25) is 9.69 Å². The molecule has 0 unspecified atom stereocenters. The molecule has 144 valence electrons.